The smallest absolute Gasteiger partial charge is 0.264 e. The molecule has 0 saturated heterocycles. The minimum Gasteiger partial charge on any atom is -0.357 e. The van der Waals surface area contributed by atoms with Gasteiger partial charge in [-0.15, -0.1) is 0 Å². The summed E-state index contributed by atoms with van der Waals surface area (Å²) in [7, 11) is -2.65. The van der Waals surface area contributed by atoms with Crippen LogP contribution in [0.15, 0.2) is 108 Å². The van der Waals surface area contributed by atoms with Crippen molar-refractivity contribution in [3.05, 3.63) is 130 Å². The number of likely N-dealkylation sites (N-methyl/N-ethyl adjacent to an activating group) is 1. The van der Waals surface area contributed by atoms with Crippen molar-refractivity contribution in [2.75, 3.05) is 17.9 Å². The Kier molecular flexibility index (Phi) is 10.0. The monoisotopic (exact) mass is 603 g/mol. The van der Waals surface area contributed by atoms with E-state index in [-0.39, 0.29) is 29.5 Å². The second kappa shape index (κ2) is 13.7. The molecule has 0 aliphatic rings. The SMILES string of the molecule is CNC(=O)[C@H](Cc1ccccc1)N(Cc1ccccc1C)C(=O)CN(c1ccc(C)c(Cl)c1)S(=O)(=O)c1ccccc1. The van der Waals surface area contributed by atoms with E-state index in [0.29, 0.717) is 5.02 Å². The number of anilines is 1. The highest BCUT2D eigenvalue weighted by atomic mass is 35.5. The van der Waals surface area contributed by atoms with Crippen molar-refractivity contribution in [3.63, 3.8) is 0 Å². The van der Waals surface area contributed by atoms with Gasteiger partial charge in [0.25, 0.3) is 10.0 Å². The van der Waals surface area contributed by atoms with E-state index in [1.165, 1.54) is 30.1 Å². The van der Waals surface area contributed by atoms with Gasteiger partial charge >= 0.3 is 0 Å². The van der Waals surface area contributed by atoms with Gasteiger partial charge in [-0.25, -0.2) is 8.42 Å². The Morgan fingerprint density at radius 2 is 1.45 bits per heavy atom. The highest BCUT2D eigenvalue weighted by Gasteiger charge is 2.34. The molecule has 7 nitrogen and oxygen atoms in total. The van der Waals surface area contributed by atoms with E-state index in [0.717, 1.165) is 26.6 Å². The first kappa shape index (κ1) is 30.8. The number of nitrogens with zero attached hydrogens (tertiary/aromatic N) is 2. The second-order valence-corrected chi connectivity index (χ2v) is 12.3. The van der Waals surface area contributed by atoms with E-state index in [2.05, 4.69) is 5.32 Å². The third-order valence-electron chi connectivity index (χ3n) is 7.17. The third kappa shape index (κ3) is 7.19. The summed E-state index contributed by atoms with van der Waals surface area (Å²) >= 11 is 6.41. The van der Waals surface area contributed by atoms with Gasteiger partial charge in [0, 0.05) is 25.0 Å². The summed E-state index contributed by atoms with van der Waals surface area (Å²) in [5, 5.41) is 3.07. The minimum atomic E-state index is -4.18. The van der Waals surface area contributed by atoms with Crippen molar-refractivity contribution < 1.29 is 18.0 Å². The van der Waals surface area contributed by atoms with Crippen LogP contribution in [0.25, 0.3) is 0 Å². The molecule has 0 spiro atoms. The van der Waals surface area contributed by atoms with Crippen LogP contribution in [0.1, 0.15) is 22.3 Å². The van der Waals surface area contributed by atoms with Crippen LogP contribution in [0.3, 0.4) is 0 Å². The van der Waals surface area contributed by atoms with E-state index in [4.69, 9.17) is 11.6 Å². The molecule has 0 saturated carbocycles. The summed E-state index contributed by atoms with van der Waals surface area (Å²) in [6, 6.07) is 29.0. The molecule has 0 aliphatic carbocycles. The van der Waals surface area contributed by atoms with Gasteiger partial charge in [-0.1, -0.05) is 90.5 Å². The number of carbonyl (C=O) groups is 2. The number of carbonyl (C=O) groups excluding carboxylic acids is 2. The Morgan fingerprint density at radius 1 is 0.833 bits per heavy atom. The van der Waals surface area contributed by atoms with Crippen molar-refractivity contribution in [1.29, 1.82) is 0 Å². The van der Waals surface area contributed by atoms with Crippen LogP contribution in [-0.4, -0.2) is 44.8 Å². The topological polar surface area (TPSA) is 86.8 Å². The van der Waals surface area contributed by atoms with Crippen LogP contribution < -0.4 is 9.62 Å². The molecule has 0 radical (unpaired) electrons. The van der Waals surface area contributed by atoms with Crippen LogP contribution in [0.4, 0.5) is 5.69 Å². The maximum absolute atomic E-state index is 14.3. The molecular weight excluding hydrogens is 570 g/mol. The van der Waals surface area contributed by atoms with Crippen molar-refractivity contribution in [3.8, 4) is 0 Å². The van der Waals surface area contributed by atoms with Crippen LogP contribution in [0.5, 0.6) is 0 Å². The lowest BCUT2D eigenvalue weighted by molar-refractivity contribution is -0.139. The fourth-order valence-electron chi connectivity index (χ4n) is 4.68. The number of hydrogen-bond acceptors (Lipinski definition) is 4. The maximum Gasteiger partial charge on any atom is 0.264 e. The molecule has 4 rings (SSSR count). The van der Waals surface area contributed by atoms with E-state index in [1.807, 2.05) is 68.4 Å². The maximum atomic E-state index is 14.3. The molecule has 218 valence electrons. The van der Waals surface area contributed by atoms with Crippen molar-refractivity contribution in [1.82, 2.24) is 10.2 Å². The summed E-state index contributed by atoms with van der Waals surface area (Å²) in [6.45, 7) is 3.33. The van der Waals surface area contributed by atoms with E-state index >= 15 is 0 Å². The number of aryl methyl sites for hydroxylation is 2. The van der Waals surface area contributed by atoms with Crippen LogP contribution in [0, 0.1) is 13.8 Å². The van der Waals surface area contributed by atoms with Gasteiger partial charge in [-0.05, 0) is 60.4 Å². The Bertz CT molecular complexity index is 1650. The summed E-state index contributed by atoms with van der Waals surface area (Å²) in [6.07, 6.45) is 0.250. The molecule has 9 heteroatoms. The zero-order valence-electron chi connectivity index (χ0n) is 23.8. The van der Waals surface area contributed by atoms with Crippen LogP contribution in [-0.2, 0) is 32.6 Å². The van der Waals surface area contributed by atoms with Gasteiger partial charge in [0.15, 0.2) is 0 Å². The first-order valence-electron chi connectivity index (χ1n) is 13.5. The largest absolute Gasteiger partial charge is 0.357 e. The number of rotatable bonds is 11. The fraction of sp³-hybridized carbons (Fsp3) is 0.212. The van der Waals surface area contributed by atoms with Crippen LogP contribution in [0.2, 0.25) is 5.02 Å². The lowest BCUT2D eigenvalue weighted by atomic mass is 10.0. The molecular formula is C33H34ClN3O4S. The Hall–Kier alpha value is -4.14. The molecule has 0 heterocycles. The van der Waals surface area contributed by atoms with Crippen molar-refractivity contribution in [2.45, 2.75) is 37.8 Å². The van der Waals surface area contributed by atoms with Gasteiger partial charge in [0.1, 0.15) is 12.6 Å². The summed E-state index contributed by atoms with van der Waals surface area (Å²) in [5.41, 5.74) is 3.69. The second-order valence-electron chi connectivity index (χ2n) is 10.0. The van der Waals surface area contributed by atoms with Gasteiger partial charge < -0.3 is 10.2 Å². The predicted octanol–water partition coefficient (Wildman–Crippen LogP) is 5.54. The van der Waals surface area contributed by atoms with Gasteiger partial charge in [-0.2, -0.15) is 0 Å². The first-order valence-corrected chi connectivity index (χ1v) is 15.4. The van der Waals surface area contributed by atoms with Gasteiger partial charge in [-0.3, -0.25) is 13.9 Å². The predicted molar refractivity (Wildman–Crippen MR) is 167 cm³/mol. The molecule has 0 aromatic heterocycles. The molecule has 4 aromatic carbocycles. The standard InChI is InChI=1S/C33H34ClN3O4S/c1-24-12-10-11-15-27(24)22-36(31(33(39)35-3)20-26-13-6-4-7-14-26)32(38)23-37(28-19-18-25(2)30(34)21-28)42(40,41)29-16-8-5-9-17-29/h4-19,21,31H,20,22-23H2,1-3H3,(H,35,39)/t31-/m0/s1. The lowest BCUT2D eigenvalue weighted by Crippen LogP contribution is -2.53. The molecule has 4 aromatic rings. The number of benzene rings is 4. The van der Waals surface area contributed by atoms with Crippen LogP contribution >= 0.6 is 11.6 Å². The molecule has 1 atom stereocenters. The number of nitrogens with one attached hydrogen (secondary N) is 1. The zero-order chi connectivity index (χ0) is 30.3. The number of halogens is 1. The van der Waals surface area contributed by atoms with E-state index in [1.54, 1.807) is 30.3 Å². The van der Waals surface area contributed by atoms with Crippen molar-refractivity contribution in [2.24, 2.45) is 0 Å². The lowest BCUT2D eigenvalue weighted by Gasteiger charge is -2.34. The summed E-state index contributed by atoms with van der Waals surface area (Å²) in [4.78, 5) is 29.2. The normalized spacial score (nSPS) is 11.9. The highest BCUT2D eigenvalue weighted by Crippen LogP contribution is 2.29. The number of hydrogen-bond donors (Lipinski definition) is 1. The average Bonchev–Trinajstić information content (AvgIpc) is 3.00. The molecule has 0 unspecified atom stereocenters. The van der Waals surface area contributed by atoms with E-state index < -0.39 is 28.5 Å². The van der Waals surface area contributed by atoms with Gasteiger partial charge in [0.2, 0.25) is 11.8 Å². The fourth-order valence-corrected chi connectivity index (χ4v) is 6.28. The molecule has 42 heavy (non-hydrogen) atoms. The zero-order valence-corrected chi connectivity index (χ0v) is 25.4. The summed E-state index contributed by atoms with van der Waals surface area (Å²) < 4.78 is 29.0. The quantitative estimate of drug-likeness (QED) is 0.244. The number of sulfonamides is 1. The summed E-state index contributed by atoms with van der Waals surface area (Å²) in [5.74, 6) is -0.879. The molecule has 0 fully saturated rings. The molecule has 1 N–H and O–H groups in total. The van der Waals surface area contributed by atoms with E-state index in [9.17, 15) is 18.0 Å². The average molecular weight is 604 g/mol. The Labute approximate surface area is 252 Å². The Balaban J connectivity index is 1.81. The number of amides is 2. The first-order chi connectivity index (χ1) is 20.1. The molecule has 0 bridgehead atoms. The Morgan fingerprint density at radius 3 is 2.07 bits per heavy atom. The minimum absolute atomic E-state index is 0.0343. The van der Waals surface area contributed by atoms with Crippen molar-refractivity contribution >= 4 is 39.1 Å². The molecule has 2 amide bonds. The third-order valence-corrected chi connectivity index (χ3v) is 9.37. The highest BCUT2D eigenvalue weighted by molar-refractivity contribution is 7.92. The van der Waals surface area contributed by atoms with Gasteiger partial charge in [0.05, 0.1) is 10.6 Å². The molecule has 0 aliphatic heterocycles.